The molecule has 0 unspecified atom stereocenters. The van der Waals surface area contributed by atoms with Crippen molar-refractivity contribution in [2.75, 3.05) is 0 Å². The van der Waals surface area contributed by atoms with E-state index in [4.69, 9.17) is 32.7 Å². The molecule has 0 radical (unpaired) electrons. The summed E-state index contributed by atoms with van der Waals surface area (Å²) in [4.78, 5) is 23.4. The highest BCUT2D eigenvalue weighted by atomic mass is 35.5. The fraction of sp³-hybridized carbons (Fsp3) is 0.176. The van der Waals surface area contributed by atoms with Gasteiger partial charge in [-0.15, -0.1) is 0 Å². The first-order valence-electron chi connectivity index (χ1n) is 7.07. The predicted molar refractivity (Wildman–Crippen MR) is 88.0 cm³/mol. The molecular formula is C17H13Cl2FO4. The minimum absolute atomic E-state index is 0.0186. The molecule has 0 saturated carbocycles. The van der Waals surface area contributed by atoms with Gasteiger partial charge < -0.3 is 9.47 Å². The van der Waals surface area contributed by atoms with Crippen LogP contribution in [-0.2, 0) is 9.59 Å². The molecule has 0 saturated heterocycles. The van der Waals surface area contributed by atoms with Crippen molar-refractivity contribution in [1.29, 1.82) is 0 Å². The molecule has 0 heterocycles. The Bertz CT molecular complexity index is 749. The first-order chi connectivity index (χ1) is 11.5. The highest BCUT2D eigenvalue weighted by molar-refractivity contribution is 6.43. The van der Waals surface area contributed by atoms with Crippen LogP contribution in [0.3, 0.4) is 0 Å². The van der Waals surface area contributed by atoms with E-state index in [-0.39, 0.29) is 40.8 Å². The summed E-state index contributed by atoms with van der Waals surface area (Å²) < 4.78 is 23.3. The van der Waals surface area contributed by atoms with Crippen LogP contribution in [-0.4, -0.2) is 11.9 Å². The van der Waals surface area contributed by atoms with Gasteiger partial charge >= 0.3 is 11.9 Å². The lowest BCUT2D eigenvalue weighted by molar-refractivity contribution is -0.136. The van der Waals surface area contributed by atoms with E-state index in [9.17, 15) is 14.0 Å². The van der Waals surface area contributed by atoms with E-state index in [0.29, 0.717) is 0 Å². The molecule has 0 aliphatic heterocycles. The van der Waals surface area contributed by atoms with E-state index >= 15 is 0 Å². The Hall–Kier alpha value is -2.11. The molecule has 0 N–H and O–H groups in total. The van der Waals surface area contributed by atoms with Crippen molar-refractivity contribution in [3.8, 4) is 11.5 Å². The molecule has 126 valence electrons. The van der Waals surface area contributed by atoms with Crippen molar-refractivity contribution >= 4 is 35.1 Å². The maximum absolute atomic E-state index is 13.3. The summed E-state index contributed by atoms with van der Waals surface area (Å²) in [5.41, 5.74) is 0. The molecule has 0 amide bonds. The molecule has 2 aromatic carbocycles. The average Bonchev–Trinajstić information content (AvgIpc) is 2.54. The third-order valence-electron chi connectivity index (χ3n) is 2.96. The van der Waals surface area contributed by atoms with Crippen LogP contribution >= 0.6 is 23.2 Å². The van der Waals surface area contributed by atoms with Crippen LogP contribution in [0.2, 0.25) is 10.0 Å². The Morgan fingerprint density at radius 3 is 2.12 bits per heavy atom. The smallest absolute Gasteiger partial charge is 0.311 e. The zero-order valence-electron chi connectivity index (χ0n) is 12.4. The second kappa shape index (κ2) is 8.66. The molecule has 2 rings (SSSR count). The predicted octanol–water partition coefficient (Wildman–Crippen LogP) is 4.81. The monoisotopic (exact) mass is 370 g/mol. The number of hydrogen-bond acceptors (Lipinski definition) is 4. The van der Waals surface area contributed by atoms with Crippen molar-refractivity contribution in [3.05, 3.63) is 58.3 Å². The minimum atomic E-state index is -0.631. The van der Waals surface area contributed by atoms with Gasteiger partial charge in [0.15, 0.2) is 17.3 Å². The molecule has 0 aliphatic carbocycles. The lowest BCUT2D eigenvalue weighted by Gasteiger charge is -2.07. The van der Waals surface area contributed by atoms with Crippen molar-refractivity contribution in [2.45, 2.75) is 19.3 Å². The van der Waals surface area contributed by atoms with Crippen molar-refractivity contribution in [1.82, 2.24) is 0 Å². The molecule has 0 bridgehead atoms. The average molecular weight is 371 g/mol. The normalized spacial score (nSPS) is 10.3. The number of esters is 2. The number of para-hydroxylation sites is 1. The van der Waals surface area contributed by atoms with Gasteiger partial charge in [-0.2, -0.15) is 0 Å². The molecule has 0 spiro atoms. The van der Waals surface area contributed by atoms with E-state index in [1.165, 1.54) is 24.3 Å². The van der Waals surface area contributed by atoms with E-state index in [1.54, 1.807) is 18.2 Å². The third kappa shape index (κ3) is 5.22. The molecule has 0 aromatic heterocycles. The Balaban J connectivity index is 1.77. The number of rotatable bonds is 6. The van der Waals surface area contributed by atoms with Gasteiger partial charge in [0.05, 0.1) is 5.02 Å². The van der Waals surface area contributed by atoms with E-state index in [2.05, 4.69) is 0 Å². The van der Waals surface area contributed by atoms with Crippen molar-refractivity contribution in [2.24, 2.45) is 0 Å². The van der Waals surface area contributed by atoms with E-state index in [0.717, 1.165) is 0 Å². The molecular weight excluding hydrogens is 358 g/mol. The standard InChI is InChI=1S/C17H13Cl2FO4/c18-11-5-3-8-14(17(11)19)24-16(22)10-4-9-15(21)23-13-7-2-1-6-12(13)20/h1-3,5-8H,4,9-10H2. The number of halogens is 3. The van der Waals surface area contributed by atoms with Gasteiger partial charge in [-0.1, -0.05) is 41.4 Å². The topological polar surface area (TPSA) is 52.6 Å². The van der Waals surface area contributed by atoms with Crippen LogP contribution < -0.4 is 9.47 Å². The largest absolute Gasteiger partial charge is 0.425 e. The van der Waals surface area contributed by atoms with Crippen molar-refractivity contribution in [3.63, 3.8) is 0 Å². The summed E-state index contributed by atoms with van der Waals surface area (Å²) in [5, 5.41) is 0.418. The van der Waals surface area contributed by atoms with Gasteiger partial charge in [0, 0.05) is 12.8 Å². The Morgan fingerprint density at radius 1 is 0.875 bits per heavy atom. The van der Waals surface area contributed by atoms with Gasteiger partial charge in [0.1, 0.15) is 5.02 Å². The maximum atomic E-state index is 13.3. The van der Waals surface area contributed by atoms with E-state index in [1.807, 2.05) is 0 Å². The summed E-state index contributed by atoms with van der Waals surface area (Å²) >= 11 is 11.7. The second-order valence-corrected chi connectivity index (χ2v) is 5.57. The Kier molecular flexibility index (Phi) is 6.58. The summed E-state index contributed by atoms with van der Waals surface area (Å²) in [6.45, 7) is 0. The highest BCUT2D eigenvalue weighted by Crippen LogP contribution is 2.31. The van der Waals surface area contributed by atoms with Crippen molar-refractivity contribution < 1.29 is 23.5 Å². The van der Waals surface area contributed by atoms with Crippen LogP contribution in [0.5, 0.6) is 11.5 Å². The van der Waals surface area contributed by atoms with Gasteiger partial charge in [0.25, 0.3) is 0 Å². The zero-order valence-corrected chi connectivity index (χ0v) is 13.9. The SMILES string of the molecule is O=C(CCCC(=O)Oc1cccc(Cl)c1Cl)Oc1ccccc1F. The summed E-state index contributed by atoms with van der Waals surface area (Å²) in [5.74, 6) is -1.80. The number of ether oxygens (including phenoxy) is 2. The van der Waals surface area contributed by atoms with Gasteiger partial charge in [-0.25, -0.2) is 4.39 Å². The van der Waals surface area contributed by atoms with Crippen LogP contribution in [0.25, 0.3) is 0 Å². The fourth-order valence-electron chi connectivity index (χ4n) is 1.81. The quantitative estimate of drug-likeness (QED) is 0.540. The molecule has 0 fully saturated rings. The number of carbonyl (C=O) groups is 2. The lowest BCUT2D eigenvalue weighted by Crippen LogP contribution is -2.12. The number of hydrogen-bond donors (Lipinski definition) is 0. The molecule has 2 aromatic rings. The summed E-state index contributed by atoms with van der Waals surface area (Å²) in [7, 11) is 0. The maximum Gasteiger partial charge on any atom is 0.311 e. The highest BCUT2D eigenvalue weighted by Gasteiger charge is 2.13. The Labute approximate surface area is 148 Å². The van der Waals surface area contributed by atoms with Crippen LogP contribution in [0, 0.1) is 5.82 Å². The summed E-state index contributed by atoms with van der Waals surface area (Å²) in [6, 6.07) is 10.3. The van der Waals surface area contributed by atoms with Gasteiger partial charge in [-0.05, 0) is 30.7 Å². The van der Waals surface area contributed by atoms with E-state index < -0.39 is 17.8 Å². The Morgan fingerprint density at radius 2 is 1.46 bits per heavy atom. The molecule has 0 aliphatic rings. The zero-order chi connectivity index (χ0) is 17.5. The van der Waals surface area contributed by atoms with Crippen LogP contribution in [0.1, 0.15) is 19.3 Å². The van der Waals surface area contributed by atoms with Gasteiger partial charge in [-0.3, -0.25) is 9.59 Å². The van der Waals surface area contributed by atoms with Crippen LogP contribution in [0.4, 0.5) is 4.39 Å². The molecule has 0 atom stereocenters. The first-order valence-corrected chi connectivity index (χ1v) is 7.83. The molecule has 4 nitrogen and oxygen atoms in total. The van der Waals surface area contributed by atoms with Crippen LogP contribution in [0.15, 0.2) is 42.5 Å². The molecule has 7 heteroatoms. The number of benzene rings is 2. The molecule has 24 heavy (non-hydrogen) atoms. The fourth-order valence-corrected chi connectivity index (χ4v) is 2.15. The minimum Gasteiger partial charge on any atom is -0.425 e. The summed E-state index contributed by atoms with van der Waals surface area (Å²) in [6.07, 6.45) is 0.131. The third-order valence-corrected chi connectivity index (χ3v) is 3.76. The van der Waals surface area contributed by atoms with Gasteiger partial charge in [0.2, 0.25) is 0 Å². The second-order valence-electron chi connectivity index (χ2n) is 4.78. The first kappa shape index (κ1) is 18.2. The lowest BCUT2D eigenvalue weighted by atomic mass is 10.2. The number of carbonyl (C=O) groups excluding carboxylic acids is 2.